The summed E-state index contributed by atoms with van der Waals surface area (Å²) in [6.07, 6.45) is -1.45. The van der Waals surface area contributed by atoms with Crippen molar-refractivity contribution in [1.82, 2.24) is 9.55 Å². The molecule has 1 aromatic heterocycles. The number of nitrogens with one attached hydrogen (secondary N) is 1. The Morgan fingerprint density at radius 1 is 1.33 bits per heavy atom. The fourth-order valence-electron chi connectivity index (χ4n) is 3.96. The van der Waals surface area contributed by atoms with Gasteiger partial charge in [0.25, 0.3) is 11.4 Å². The van der Waals surface area contributed by atoms with E-state index in [0.29, 0.717) is 12.8 Å². The second kappa shape index (κ2) is 8.58. The quantitative estimate of drug-likeness (QED) is 0.541. The number of alkyl halides is 1. The molecule has 2 fully saturated rings. The molecule has 0 spiro atoms. The number of halogens is 1. The standard InChI is InChI=1S/C19H27FN2O8/c1-11(2)29-18(7-4-3-5-8-18)16(26)28-10-19(20)14(25)13(24)15(30-19)22-9-6-12(23)21-17(22)27/h6,9,11,13-15,24-25H,3-5,7-8,10H2,1-2H3,(H,21,23,27)/t13-,14+,15-,19-/m1/s1. The van der Waals surface area contributed by atoms with Crippen molar-refractivity contribution in [2.24, 2.45) is 0 Å². The van der Waals surface area contributed by atoms with Crippen LogP contribution in [0.3, 0.4) is 0 Å². The average molecular weight is 430 g/mol. The number of hydrogen-bond acceptors (Lipinski definition) is 8. The maximum atomic E-state index is 15.3. The molecule has 0 radical (unpaired) electrons. The number of carbonyl (C=O) groups is 1. The largest absolute Gasteiger partial charge is 0.457 e. The minimum absolute atomic E-state index is 0.248. The molecule has 10 nitrogen and oxygen atoms in total. The molecule has 2 heterocycles. The molecule has 0 aromatic carbocycles. The van der Waals surface area contributed by atoms with Crippen LogP contribution in [0.25, 0.3) is 0 Å². The molecule has 4 atom stereocenters. The highest BCUT2D eigenvalue weighted by Gasteiger charge is 2.57. The molecule has 11 heteroatoms. The van der Waals surface area contributed by atoms with Gasteiger partial charge >= 0.3 is 11.7 Å². The van der Waals surface area contributed by atoms with E-state index in [0.717, 1.165) is 36.1 Å². The summed E-state index contributed by atoms with van der Waals surface area (Å²) in [5, 5.41) is 20.4. The third-order valence-electron chi connectivity index (χ3n) is 5.39. The van der Waals surface area contributed by atoms with Gasteiger partial charge in [0, 0.05) is 12.3 Å². The lowest BCUT2D eigenvalue weighted by Crippen LogP contribution is -2.49. The Bertz CT molecular complexity index is 878. The normalized spacial score (nSPS) is 31.1. The third kappa shape index (κ3) is 4.34. The van der Waals surface area contributed by atoms with Gasteiger partial charge < -0.3 is 24.4 Å². The van der Waals surface area contributed by atoms with Gasteiger partial charge in [-0.05, 0) is 39.5 Å². The van der Waals surface area contributed by atoms with Crippen molar-refractivity contribution in [2.75, 3.05) is 6.61 Å². The van der Waals surface area contributed by atoms with Crippen LogP contribution in [0.4, 0.5) is 4.39 Å². The second-order valence-electron chi connectivity index (χ2n) is 8.05. The lowest BCUT2D eigenvalue weighted by molar-refractivity contribution is -0.228. The fourth-order valence-corrected chi connectivity index (χ4v) is 3.96. The summed E-state index contributed by atoms with van der Waals surface area (Å²) in [4.78, 5) is 37.8. The zero-order chi connectivity index (χ0) is 22.1. The van der Waals surface area contributed by atoms with Crippen molar-refractivity contribution in [2.45, 2.75) is 81.9 Å². The Hall–Kier alpha value is -2.08. The number of esters is 1. The fraction of sp³-hybridized carbons (Fsp3) is 0.737. The zero-order valence-corrected chi connectivity index (χ0v) is 16.9. The lowest BCUT2D eigenvalue weighted by atomic mass is 9.84. The lowest BCUT2D eigenvalue weighted by Gasteiger charge is -2.37. The summed E-state index contributed by atoms with van der Waals surface area (Å²) in [7, 11) is 0. The number of rotatable bonds is 6. The predicted octanol–water partition coefficient (Wildman–Crippen LogP) is 0.124. The van der Waals surface area contributed by atoms with Gasteiger partial charge in [0.1, 0.15) is 12.2 Å². The van der Waals surface area contributed by atoms with Crippen LogP contribution < -0.4 is 11.2 Å². The van der Waals surface area contributed by atoms with Gasteiger partial charge in [-0.1, -0.05) is 6.42 Å². The first-order valence-corrected chi connectivity index (χ1v) is 9.97. The monoisotopic (exact) mass is 430 g/mol. The van der Waals surface area contributed by atoms with Crippen LogP contribution in [0.1, 0.15) is 52.2 Å². The average Bonchev–Trinajstić information content (AvgIpc) is 2.91. The number of hydrogen-bond donors (Lipinski definition) is 3. The van der Waals surface area contributed by atoms with E-state index in [-0.39, 0.29) is 6.10 Å². The van der Waals surface area contributed by atoms with Gasteiger partial charge in [-0.3, -0.25) is 14.3 Å². The third-order valence-corrected chi connectivity index (χ3v) is 5.39. The minimum Gasteiger partial charge on any atom is -0.457 e. The van der Waals surface area contributed by atoms with Crippen LogP contribution in [0.15, 0.2) is 21.9 Å². The predicted molar refractivity (Wildman–Crippen MR) is 100 cm³/mol. The topological polar surface area (TPSA) is 140 Å². The van der Waals surface area contributed by atoms with E-state index in [1.54, 1.807) is 13.8 Å². The summed E-state index contributed by atoms with van der Waals surface area (Å²) >= 11 is 0. The molecular formula is C19H27FN2O8. The van der Waals surface area contributed by atoms with Crippen molar-refractivity contribution in [3.05, 3.63) is 33.1 Å². The summed E-state index contributed by atoms with van der Waals surface area (Å²) in [6, 6.07) is 0.984. The molecule has 3 N–H and O–H groups in total. The number of H-pyrrole nitrogens is 1. The van der Waals surface area contributed by atoms with Crippen LogP contribution in [0, 0.1) is 0 Å². The number of aliphatic hydroxyl groups is 2. The SMILES string of the molecule is CC(C)OC1(C(=O)OC[C@@]2(F)O[C@@H](n3ccc(=O)[nH]c3=O)[C@H](O)[C@@H]2O)CCCCC1. The number of ether oxygens (including phenoxy) is 3. The summed E-state index contributed by atoms with van der Waals surface area (Å²) in [5.74, 6) is -3.72. The van der Waals surface area contributed by atoms with Gasteiger partial charge in [0.2, 0.25) is 0 Å². The van der Waals surface area contributed by atoms with E-state index < -0.39 is 53.7 Å². The molecule has 168 valence electrons. The van der Waals surface area contributed by atoms with E-state index >= 15 is 4.39 Å². The molecule has 1 saturated heterocycles. The van der Waals surface area contributed by atoms with E-state index in [9.17, 15) is 24.6 Å². The maximum absolute atomic E-state index is 15.3. The Balaban J connectivity index is 1.74. The van der Waals surface area contributed by atoms with Gasteiger partial charge in [-0.25, -0.2) is 14.0 Å². The van der Waals surface area contributed by atoms with E-state index in [2.05, 4.69) is 0 Å². The smallest absolute Gasteiger partial charge is 0.338 e. The van der Waals surface area contributed by atoms with Crippen molar-refractivity contribution in [1.29, 1.82) is 0 Å². The second-order valence-corrected chi connectivity index (χ2v) is 8.05. The Morgan fingerprint density at radius 3 is 2.60 bits per heavy atom. The van der Waals surface area contributed by atoms with Crippen molar-refractivity contribution in [3.8, 4) is 0 Å². The molecular weight excluding hydrogens is 403 g/mol. The molecule has 0 amide bonds. The molecule has 1 saturated carbocycles. The first-order valence-electron chi connectivity index (χ1n) is 9.97. The molecule has 0 unspecified atom stereocenters. The number of aromatic nitrogens is 2. The van der Waals surface area contributed by atoms with Crippen LogP contribution in [0.5, 0.6) is 0 Å². The van der Waals surface area contributed by atoms with Crippen molar-refractivity contribution >= 4 is 5.97 Å². The molecule has 3 rings (SSSR count). The number of aromatic amines is 1. The molecule has 30 heavy (non-hydrogen) atoms. The van der Waals surface area contributed by atoms with Gasteiger partial charge in [0.05, 0.1) is 6.10 Å². The van der Waals surface area contributed by atoms with Gasteiger partial charge in [0.15, 0.2) is 18.4 Å². The highest BCUT2D eigenvalue weighted by atomic mass is 19.2. The van der Waals surface area contributed by atoms with Crippen LogP contribution >= 0.6 is 0 Å². The number of nitrogens with zero attached hydrogens (tertiary/aromatic N) is 1. The minimum atomic E-state index is -2.96. The summed E-state index contributed by atoms with van der Waals surface area (Å²) in [6.45, 7) is 2.57. The maximum Gasteiger partial charge on any atom is 0.338 e. The Morgan fingerprint density at radius 2 is 2.00 bits per heavy atom. The summed E-state index contributed by atoms with van der Waals surface area (Å²) in [5.41, 5.74) is -2.83. The van der Waals surface area contributed by atoms with Gasteiger partial charge in [-0.2, -0.15) is 0 Å². The first kappa shape index (κ1) is 22.6. The van der Waals surface area contributed by atoms with Crippen LogP contribution in [-0.4, -0.2) is 62.1 Å². The molecule has 1 aliphatic carbocycles. The number of carbonyl (C=O) groups excluding carboxylic acids is 1. The number of aliphatic hydroxyl groups excluding tert-OH is 2. The highest BCUT2D eigenvalue weighted by Crippen LogP contribution is 2.39. The molecule has 1 aliphatic heterocycles. The Labute approximate surface area is 171 Å². The van der Waals surface area contributed by atoms with E-state index in [1.807, 2.05) is 4.98 Å². The molecule has 2 aliphatic rings. The van der Waals surface area contributed by atoms with Crippen molar-refractivity contribution in [3.63, 3.8) is 0 Å². The Kier molecular flexibility index (Phi) is 6.46. The van der Waals surface area contributed by atoms with Gasteiger partial charge in [-0.15, -0.1) is 0 Å². The van der Waals surface area contributed by atoms with E-state index in [1.165, 1.54) is 0 Å². The molecule has 1 aromatic rings. The first-order chi connectivity index (χ1) is 14.1. The van der Waals surface area contributed by atoms with Crippen molar-refractivity contribution < 1.29 is 33.6 Å². The van der Waals surface area contributed by atoms with E-state index in [4.69, 9.17) is 14.2 Å². The van der Waals surface area contributed by atoms with Crippen LogP contribution in [-0.2, 0) is 19.0 Å². The molecule has 0 bridgehead atoms. The highest BCUT2D eigenvalue weighted by molar-refractivity contribution is 5.79. The zero-order valence-electron chi connectivity index (χ0n) is 16.9. The summed E-state index contributed by atoms with van der Waals surface area (Å²) < 4.78 is 32.1. The van der Waals surface area contributed by atoms with Crippen LogP contribution in [0.2, 0.25) is 0 Å².